The molecule has 9 heteroatoms. The van der Waals surface area contributed by atoms with Gasteiger partial charge in [0.2, 0.25) is 0 Å². The highest BCUT2D eigenvalue weighted by atomic mass is 79.9. The Morgan fingerprint density at radius 3 is 2.83 bits per heavy atom. The van der Waals surface area contributed by atoms with Crippen molar-refractivity contribution < 1.29 is 4.92 Å². The number of hydrogen-bond acceptors (Lipinski definition) is 7. The topological polar surface area (TPSA) is 93.8 Å². The molecule has 4 aromatic rings. The van der Waals surface area contributed by atoms with E-state index in [1.165, 1.54) is 12.4 Å². The molecule has 0 aliphatic heterocycles. The first kappa shape index (κ1) is 14.9. The fourth-order valence-electron chi connectivity index (χ4n) is 2.38. The summed E-state index contributed by atoms with van der Waals surface area (Å²) in [6.07, 6.45) is 1.42. The lowest BCUT2D eigenvalue weighted by Gasteiger charge is -2.09. The third-order valence-electron chi connectivity index (χ3n) is 3.49. The van der Waals surface area contributed by atoms with Crippen LogP contribution >= 0.6 is 27.3 Å². The van der Waals surface area contributed by atoms with E-state index < -0.39 is 4.92 Å². The summed E-state index contributed by atoms with van der Waals surface area (Å²) in [7, 11) is 0. The van der Waals surface area contributed by atoms with Crippen LogP contribution in [-0.2, 0) is 0 Å². The molecular weight excluding hydrogens is 394 g/mol. The number of benzene rings is 2. The normalized spacial score (nSPS) is 11.0. The lowest BCUT2D eigenvalue weighted by Crippen LogP contribution is -1.97. The van der Waals surface area contributed by atoms with Crippen molar-refractivity contribution in [2.75, 3.05) is 5.32 Å². The van der Waals surface area contributed by atoms with Gasteiger partial charge in [0.05, 0.1) is 30.6 Å². The second-order valence-electron chi connectivity index (χ2n) is 4.96. The SMILES string of the molecule is O=[N+]([O-])c1cc2c(Nc3ccc4ncsc4c3)ncnc2cc1Br. The van der Waals surface area contributed by atoms with Gasteiger partial charge in [-0.3, -0.25) is 10.1 Å². The maximum atomic E-state index is 11.2. The molecule has 0 fully saturated rings. The van der Waals surface area contributed by atoms with E-state index in [9.17, 15) is 10.1 Å². The zero-order valence-electron chi connectivity index (χ0n) is 11.9. The Balaban J connectivity index is 1.83. The number of nitro groups is 1. The number of nitro benzene ring substituents is 1. The third kappa shape index (κ3) is 2.57. The van der Waals surface area contributed by atoms with Gasteiger partial charge in [-0.15, -0.1) is 11.3 Å². The Labute approximate surface area is 147 Å². The molecule has 0 saturated carbocycles. The van der Waals surface area contributed by atoms with Gasteiger partial charge in [-0.25, -0.2) is 15.0 Å². The van der Waals surface area contributed by atoms with Crippen LogP contribution in [0.25, 0.3) is 21.1 Å². The molecule has 0 bridgehead atoms. The van der Waals surface area contributed by atoms with Crippen molar-refractivity contribution in [2.24, 2.45) is 0 Å². The first-order chi connectivity index (χ1) is 11.6. The molecule has 2 aromatic carbocycles. The summed E-state index contributed by atoms with van der Waals surface area (Å²) in [6, 6.07) is 8.85. The lowest BCUT2D eigenvalue weighted by molar-refractivity contribution is -0.385. The molecular formula is C15H8BrN5O2S. The molecule has 2 aromatic heterocycles. The van der Waals surface area contributed by atoms with Crippen LogP contribution < -0.4 is 5.32 Å². The minimum atomic E-state index is -0.441. The van der Waals surface area contributed by atoms with Gasteiger partial charge in [-0.1, -0.05) is 0 Å². The molecule has 0 saturated heterocycles. The van der Waals surface area contributed by atoms with E-state index >= 15 is 0 Å². The highest BCUT2D eigenvalue weighted by Gasteiger charge is 2.16. The van der Waals surface area contributed by atoms with Gasteiger partial charge < -0.3 is 5.32 Å². The van der Waals surface area contributed by atoms with E-state index in [1.54, 1.807) is 22.9 Å². The van der Waals surface area contributed by atoms with Gasteiger partial charge in [-0.2, -0.15) is 0 Å². The first-order valence-electron chi connectivity index (χ1n) is 6.81. The molecule has 0 aliphatic rings. The Kier molecular flexibility index (Phi) is 3.58. The molecule has 0 aliphatic carbocycles. The third-order valence-corrected chi connectivity index (χ3v) is 4.92. The zero-order chi connectivity index (χ0) is 16.7. The van der Waals surface area contributed by atoms with Crippen molar-refractivity contribution in [3.05, 3.63) is 56.8 Å². The summed E-state index contributed by atoms with van der Waals surface area (Å²) < 4.78 is 1.43. The number of hydrogen-bond donors (Lipinski definition) is 1. The molecule has 4 rings (SSSR count). The van der Waals surface area contributed by atoms with Crippen molar-refractivity contribution in [1.29, 1.82) is 0 Å². The van der Waals surface area contributed by atoms with E-state index in [0.29, 0.717) is 21.2 Å². The van der Waals surface area contributed by atoms with E-state index in [1.807, 2.05) is 18.2 Å². The second kappa shape index (κ2) is 5.77. The van der Waals surface area contributed by atoms with Gasteiger partial charge >= 0.3 is 0 Å². The summed E-state index contributed by atoms with van der Waals surface area (Å²) >= 11 is 4.75. The van der Waals surface area contributed by atoms with Gasteiger partial charge in [0.1, 0.15) is 12.1 Å². The molecule has 7 nitrogen and oxygen atoms in total. The average molecular weight is 402 g/mol. The van der Waals surface area contributed by atoms with E-state index in [-0.39, 0.29) is 5.69 Å². The van der Waals surface area contributed by atoms with Crippen molar-refractivity contribution >= 4 is 65.6 Å². The molecule has 118 valence electrons. The van der Waals surface area contributed by atoms with E-state index in [4.69, 9.17) is 0 Å². The summed E-state index contributed by atoms with van der Waals surface area (Å²) in [5, 5.41) is 14.9. The molecule has 0 amide bonds. The quantitative estimate of drug-likeness (QED) is 0.396. The number of halogens is 1. The summed E-state index contributed by atoms with van der Waals surface area (Å²) in [6.45, 7) is 0. The summed E-state index contributed by atoms with van der Waals surface area (Å²) in [4.78, 5) is 23.4. The van der Waals surface area contributed by atoms with Crippen molar-refractivity contribution in [3.63, 3.8) is 0 Å². The van der Waals surface area contributed by atoms with Gasteiger partial charge in [0.25, 0.3) is 5.69 Å². The largest absolute Gasteiger partial charge is 0.340 e. The molecule has 0 unspecified atom stereocenters. The van der Waals surface area contributed by atoms with Crippen LogP contribution in [0.5, 0.6) is 0 Å². The van der Waals surface area contributed by atoms with Gasteiger partial charge in [0, 0.05) is 17.1 Å². The Hall–Kier alpha value is -2.65. The summed E-state index contributed by atoms with van der Waals surface area (Å²) in [5.41, 5.74) is 4.13. The standard InChI is InChI=1S/C15H8BrN5O2S/c16-10-5-12-9(4-13(10)21(22)23)15(18-6-17-12)20-8-1-2-11-14(3-8)24-7-19-11/h1-7H,(H,17,18,20). The number of rotatable bonds is 3. The Morgan fingerprint density at radius 2 is 2.00 bits per heavy atom. The Bertz CT molecular complexity index is 1100. The molecule has 1 N–H and O–H groups in total. The maximum Gasteiger partial charge on any atom is 0.284 e. The molecule has 2 heterocycles. The Morgan fingerprint density at radius 1 is 1.12 bits per heavy atom. The van der Waals surface area contributed by atoms with Gasteiger partial charge in [0.15, 0.2) is 0 Å². The number of thiazole rings is 1. The van der Waals surface area contributed by atoms with Crippen LogP contribution in [0.1, 0.15) is 0 Å². The highest BCUT2D eigenvalue weighted by Crippen LogP contribution is 2.33. The number of nitrogens with one attached hydrogen (secondary N) is 1. The number of nitrogens with zero attached hydrogens (tertiary/aromatic N) is 4. The van der Waals surface area contributed by atoms with Crippen LogP contribution in [0.15, 0.2) is 46.6 Å². The maximum absolute atomic E-state index is 11.2. The fraction of sp³-hybridized carbons (Fsp3) is 0. The van der Waals surface area contributed by atoms with Gasteiger partial charge in [-0.05, 0) is 40.2 Å². The minimum Gasteiger partial charge on any atom is -0.340 e. The molecule has 0 radical (unpaired) electrons. The number of fused-ring (bicyclic) bond motifs is 2. The summed E-state index contributed by atoms with van der Waals surface area (Å²) in [5.74, 6) is 0.513. The molecule has 0 atom stereocenters. The monoisotopic (exact) mass is 401 g/mol. The first-order valence-corrected chi connectivity index (χ1v) is 8.48. The number of aromatic nitrogens is 3. The smallest absolute Gasteiger partial charge is 0.284 e. The second-order valence-corrected chi connectivity index (χ2v) is 6.70. The average Bonchev–Trinajstić information content (AvgIpc) is 3.02. The van der Waals surface area contributed by atoms with Crippen LogP contribution in [-0.4, -0.2) is 19.9 Å². The van der Waals surface area contributed by atoms with E-state index in [0.717, 1.165) is 15.9 Å². The van der Waals surface area contributed by atoms with Crippen molar-refractivity contribution in [3.8, 4) is 0 Å². The van der Waals surface area contributed by atoms with Crippen LogP contribution in [0.3, 0.4) is 0 Å². The fourth-order valence-corrected chi connectivity index (χ4v) is 3.57. The van der Waals surface area contributed by atoms with E-state index in [2.05, 4.69) is 36.2 Å². The predicted molar refractivity (Wildman–Crippen MR) is 96.8 cm³/mol. The minimum absolute atomic E-state index is 0.0294. The van der Waals surface area contributed by atoms with Crippen LogP contribution in [0.4, 0.5) is 17.2 Å². The molecule has 0 spiro atoms. The van der Waals surface area contributed by atoms with Crippen LogP contribution in [0, 0.1) is 10.1 Å². The van der Waals surface area contributed by atoms with Crippen molar-refractivity contribution in [2.45, 2.75) is 0 Å². The lowest BCUT2D eigenvalue weighted by atomic mass is 10.2. The highest BCUT2D eigenvalue weighted by molar-refractivity contribution is 9.10. The predicted octanol–water partition coefficient (Wildman–Crippen LogP) is 4.65. The zero-order valence-corrected chi connectivity index (χ0v) is 14.3. The molecule has 24 heavy (non-hydrogen) atoms. The number of anilines is 2. The van der Waals surface area contributed by atoms with Crippen molar-refractivity contribution in [1.82, 2.24) is 15.0 Å². The van der Waals surface area contributed by atoms with Crippen LogP contribution in [0.2, 0.25) is 0 Å².